The highest BCUT2D eigenvalue weighted by Crippen LogP contribution is 2.31. The molecule has 1 fully saturated rings. The first kappa shape index (κ1) is 15.8. The van der Waals surface area contributed by atoms with Gasteiger partial charge in [0, 0.05) is 19.1 Å². The molecule has 1 aliphatic carbocycles. The first-order valence-corrected chi connectivity index (χ1v) is 7.88. The van der Waals surface area contributed by atoms with E-state index in [1.807, 2.05) is 11.8 Å². The van der Waals surface area contributed by atoms with Crippen LogP contribution >= 0.6 is 0 Å². The molecule has 1 aliphatic rings. The van der Waals surface area contributed by atoms with Crippen molar-refractivity contribution in [3.63, 3.8) is 0 Å². The molecule has 3 nitrogen and oxygen atoms in total. The average Bonchev–Trinajstić information content (AvgIpc) is 3.25. The van der Waals surface area contributed by atoms with Crippen LogP contribution in [-0.2, 0) is 0 Å². The van der Waals surface area contributed by atoms with E-state index >= 15 is 0 Å². The van der Waals surface area contributed by atoms with Gasteiger partial charge in [-0.05, 0) is 44.2 Å². The van der Waals surface area contributed by atoms with Crippen LogP contribution in [0.3, 0.4) is 0 Å². The molecule has 116 valence electrons. The quantitative estimate of drug-likeness (QED) is 0.826. The maximum atomic E-state index is 14.0. The van der Waals surface area contributed by atoms with Gasteiger partial charge in [-0.3, -0.25) is 4.79 Å². The van der Waals surface area contributed by atoms with Gasteiger partial charge in [0.1, 0.15) is 5.82 Å². The van der Waals surface area contributed by atoms with Crippen molar-refractivity contribution < 1.29 is 9.18 Å². The highest BCUT2D eigenvalue weighted by atomic mass is 19.1. The molecule has 0 radical (unpaired) electrons. The Kier molecular flexibility index (Phi) is 5.21. The summed E-state index contributed by atoms with van der Waals surface area (Å²) in [5.41, 5.74) is 0.785. The summed E-state index contributed by atoms with van der Waals surface area (Å²) in [7, 11) is 0. The van der Waals surface area contributed by atoms with Gasteiger partial charge in [-0.25, -0.2) is 4.39 Å². The SMILES string of the molecule is CCNc1c(F)cccc1C(=O)N(CCC(C)C)C1CC1. The molecular formula is C17H25FN2O. The fourth-order valence-corrected chi connectivity index (χ4v) is 2.45. The molecule has 1 saturated carbocycles. The van der Waals surface area contributed by atoms with Crippen molar-refractivity contribution in [3.05, 3.63) is 29.6 Å². The monoisotopic (exact) mass is 292 g/mol. The zero-order valence-electron chi connectivity index (χ0n) is 13.2. The van der Waals surface area contributed by atoms with Gasteiger partial charge >= 0.3 is 0 Å². The fraction of sp³-hybridized carbons (Fsp3) is 0.588. The van der Waals surface area contributed by atoms with Crippen molar-refractivity contribution in [3.8, 4) is 0 Å². The number of halogens is 1. The number of carbonyl (C=O) groups is 1. The summed E-state index contributed by atoms with van der Waals surface area (Å²) in [6, 6.07) is 5.06. The van der Waals surface area contributed by atoms with Crippen LogP contribution in [0.1, 0.15) is 50.4 Å². The number of nitrogens with zero attached hydrogens (tertiary/aromatic N) is 1. The molecule has 0 bridgehead atoms. The highest BCUT2D eigenvalue weighted by Gasteiger charge is 2.33. The number of anilines is 1. The Morgan fingerprint density at radius 1 is 1.43 bits per heavy atom. The van der Waals surface area contributed by atoms with E-state index < -0.39 is 0 Å². The zero-order valence-corrected chi connectivity index (χ0v) is 13.2. The molecular weight excluding hydrogens is 267 g/mol. The molecule has 0 aromatic heterocycles. The van der Waals surface area contributed by atoms with Gasteiger partial charge in [-0.2, -0.15) is 0 Å². The number of rotatable bonds is 7. The van der Waals surface area contributed by atoms with E-state index in [9.17, 15) is 9.18 Å². The van der Waals surface area contributed by atoms with Crippen LogP contribution in [0, 0.1) is 11.7 Å². The molecule has 1 aromatic carbocycles. The lowest BCUT2D eigenvalue weighted by Crippen LogP contribution is -2.35. The molecule has 1 amide bonds. The second kappa shape index (κ2) is 6.92. The average molecular weight is 292 g/mol. The van der Waals surface area contributed by atoms with Gasteiger partial charge in [0.15, 0.2) is 0 Å². The summed E-state index contributed by atoms with van der Waals surface area (Å²) < 4.78 is 14.0. The molecule has 1 aromatic rings. The Labute approximate surface area is 126 Å². The molecule has 0 aliphatic heterocycles. The van der Waals surface area contributed by atoms with Gasteiger partial charge in [0.05, 0.1) is 11.3 Å². The minimum atomic E-state index is -0.359. The van der Waals surface area contributed by atoms with Crippen LogP contribution in [0.5, 0.6) is 0 Å². The molecule has 0 atom stereocenters. The summed E-state index contributed by atoms with van der Waals surface area (Å²) in [6.07, 6.45) is 3.11. The lowest BCUT2D eigenvalue weighted by molar-refractivity contribution is 0.0736. The molecule has 1 N–H and O–H groups in total. The summed E-state index contributed by atoms with van der Waals surface area (Å²) in [4.78, 5) is 14.7. The minimum Gasteiger partial charge on any atom is -0.382 e. The van der Waals surface area contributed by atoms with Gasteiger partial charge in [-0.1, -0.05) is 19.9 Å². The second-order valence-electron chi connectivity index (χ2n) is 6.10. The number of hydrogen-bond acceptors (Lipinski definition) is 2. The molecule has 2 rings (SSSR count). The smallest absolute Gasteiger partial charge is 0.256 e. The second-order valence-corrected chi connectivity index (χ2v) is 6.10. The van der Waals surface area contributed by atoms with E-state index in [1.165, 1.54) is 6.07 Å². The van der Waals surface area contributed by atoms with E-state index in [1.54, 1.807) is 12.1 Å². The summed E-state index contributed by atoms with van der Waals surface area (Å²) in [6.45, 7) is 7.56. The van der Waals surface area contributed by atoms with Crippen LogP contribution in [0.2, 0.25) is 0 Å². The topological polar surface area (TPSA) is 32.3 Å². The summed E-state index contributed by atoms with van der Waals surface area (Å²) in [5.74, 6) is 0.149. The van der Waals surface area contributed by atoms with Crippen LogP contribution in [0.15, 0.2) is 18.2 Å². The van der Waals surface area contributed by atoms with Crippen LogP contribution in [0.4, 0.5) is 10.1 Å². The lowest BCUT2D eigenvalue weighted by Gasteiger charge is -2.25. The van der Waals surface area contributed by atoms with E-state index in [-0.39, 0.29) is 11.7 Å². The predicted molar refractivity (Wildman–Crippen MR) is 84.1 cm³/mol. The molecule has 0 spiro atoms. The largest absolute Gasteiger partial charge is 0.382 e. The van der Waals surface area contributed by atoms with Crippen molar-refractivity contribution in [1.29, 1.82) is 0 Å². The molecule has 4 heteroatoms. The third kappa shape index (κ3) is 3.96. The van der Waals surface area contributed by atoms with Crippen molar-refractivity contribution >= 4 is 11.6 Å². The lowest BCUT2D eigenvalue weighted by atomic mass is 10.1. The molecule has 0 saturated heterocycles. The summed E-state index contributed by atoms with van der Waals surface area (Å²) >= 11 is 0. The number of amides is 1. The van der Waals surface area contributed by atoms with E-state index in [2.05, 4.69) is 19.2 Å². The van der Waals surface area contributed by atoms with Crippen molar-refractivity contribution in [1.82, 2.24) is 4.90 Å². The van der Waals surface area contributed by atoms with Crippen molar-refractivity contribution in [2.45, 2.75) is 46.1 Å². The third-order valence-electron chi connectivity index (χ3n) is 3.79. The highest BCUT2D eigenvalue weighted by molar-refractivity contribution is 6.00. The Bertz CT molecular complexity index is 498. The number of carbonyl (C=O) groups excluding carboxylic acids is 1. The normalized spacial score (nSPS) is 14.3. The van der Waals surface area contributed by atoms with Crippen molar-refractivity contribution in [2.75, 3.05) is 18.4 Å². The minimum absolute atomic E-state index is 0.0476. The standard InChI is InChI=1S/C17H25FN2O/c1-4-19-16-14(6-5-7-15(16)18)17(21)20(13-8-9-13)11-10-12(2)3/h5-7,12-13,19H,4,8-11H2,1-3H3. The van der Waals surface area contributed by atoms with Crippen molar-refractivity contribution in [2.24, 2.45) is 5.92 Å². The van der Waals surface area contributed by atoms with Gasteiger partial charge in [0.25, 0.3) is 5.91 Å². The first-order chi connectivity index (χ1) is 10.0. The molecule has 0 heterocycles. The van der Waals surface area contributed by atoms with Gasteiger partial charge in [0.2, 0.25) is 0 Å². The Balaban J connectivity index is 2.22. The fourth-order valence-electron chi connectivity index (χ4n) is 2.45. The van der Waals surface area contributed by atoms with Gasteiger partial charge in [-0.15, -0.1) is 0 Å². The van der Waals surface area contributed by atoms with E-state index in [0.29, 0.717) is 29.8 Å². The maximum Gasteiger partial charge on any atom is 0.256 e. The van der Waals surface area contributed by atoms with E-state index in [0.717, 1.165) is 25.8 Å². The Hall–Kier alpha value is -1.58. The van der Waals surface area contributed by atoms with Crippen LogP contribution in [-0.4, -0.2) is 29.9 Å². The van der Waals surface area contributed by atoms with Crippen LogP contribution in [0.25, 0.3) is 0 Å². The Morgan fingerprint density at radius 3 is 2.71 bits per heavy atom. The zero-order chi connectivity index (χ0) is 15.4. The molecule has 21 heavy (non-hydrogen) atoms. The maximum absolute atomic E-state index is 14.0. The number of benzene rings is 1. The first-order valence-electron chi connectivity index (χ1n) is 7.88. The van der Waals surface area contributed by atoms with E-state index in [4.69, 9.17) is 0 Å². The van der Waals surface area contributed by atoms with Crippen LogP contribution < -0.4 is 5.32 Å². The number of nitrogens with one attached hydrogen (secondary N) is 1. The Morgan fingerprint density at radius 2 is 2.14 bits per heavy atom. The third-order valence-corrected chi connectivity index (χ3v) is 3.79. The molecule has 0 unspecified atom stereocenters. The predicted octanol–water partition coefficient (Wildman–Crippen LogP) is 3.91. The number of para-hydroxylation sites is 1. The number of hydrogen-bond donors (Lipinski definition) is 1. The van der Waals surface area contributed by atoms with Gasteiger partial charge < -0.3 is 10.2 Å². The summed E-state index contributed by atoms with van der Waals surface area (Å²) in [5, 5.41) is 2.98.